The Bertz CT molecular complexity index is 1000. The zero-order valence-electron chi connectivity index (χ0n) is 14.3. The molecule has 0 aliphatic carbocycles. The minimum absolute atomic E-state index is 0.492. The van der Waals surface area contributed by atoms with Gasteiger partial charge in [-0.25, -0.2) is 4.98 Å². The van der Waals surface area contributed by atoms with Crippen LogP contribution in [0.2, 0.25) is 0 Å². The van der Waals surface area contributed by atoms with Crippen molar-refractivity contribution in [2.45, 2.75) is 6.92 Å². The molecular weight excluding hydrogens is 410 g/mol. The smallest absolute Gasteiger partial charge is 0.136 e. The van der Waals surface area contributed by atoms with E-state index in [2.05, 4.69) is 32.3 Å². The lowest BCUT2D eigenvalue weighted by Gasteiger charge is -2.06. The van der Waals surface area contributed by atoms with E-state index < -0.39 is 0 Å². The summed E-state index contributed by atoms with van der Waals surface area (Å²) in [5.74, 6) is 0.778. The highest BCUT2D eigenvalue weighted by atomic mass is 79.9. The summed E-state index contributed by atoms with van der Waals surface area (Å²) in [6, 6.07) is 15.9. The van der Waals surface area contributed by atoms with Crippen LogP contribution < -0.4 is 10.1 Å². The minimum Gasteiger partial charge on any atom is -0.497 e. The maximum absolute atomic E-state index is 9.51. The molecule has 2 aromatic carbocycles. The summed E-state index contributed by atoms with van der Waals surface area (Å²) in [6.07, 6.45) is 1.70. The second kappa shape index (κ2) is 8.17. The molecule has 0 radical (unpaired) electrons. The molecule has 3 rings (SSSR count). The van der Waals surface area contributed by atoms with Crippen molar-refractivity contribution in [3.8, 4) is 23.1 Å². The maximum Gasteiger partial charge on any atom is 0.136 e. The molecule has 0 atom stereocenters. The van der Waals surface area contributed by atoms with Crippen molar-refractivity contribution in [2.24, 2.45) is 0 Å². The molecule has 3 aromatic rings. The Morgan fingerprint density at radius 2 is 2.15 bits per heavy atom. The Labute approximate surface area is 164 Å². The number of allylic oxidation sites excluding steroid dienone is 1. The molecule has 0 saturated heterocycles. The van der Waals surface area contributed by atoms with E-state index >= 15 is 0 Å². The molecule has 4 nitrogen and oxygen atoms in total. The lowest BCUT2D eigenvalue weighted by Crippen LogP contribution is -1.93. The van der Waals surface area contributed by atoms with Gasteiger partial charge < -0.3 is 10.1 Å². The van der Waals surface area contributed by atoms with E-state index in [0.717, 1.165) is 32.7 Å². The Morgan fingerprint density at radius 3 is 2.88 bits per heavy atom. The first-order valence-corrected chi connectivity index (χ1v) is 9.51. The first-order valence-electron chi connectivity index (χ1n) is 7.84. The van der Waals surface area contributed by atoms with E-state index in [4.69, 9.17) is 4.74 Å². The number of thiazole rings is 1. The van der Waals surface area contributed by atoms with Gasteiger partial charge in [0.2, 0.25) is 0 Å². The van der Waals surface area contributed by atoms with Crippen molar-refractivity contribution in [2.75, 3.05) is 12.4 Å². The van der Waals surface area contributed by atoms with Gasteiger partial charge in [0.1, 0.15) is 22.4 Å². The molecule has 1 N–H and O–H groups in total. The molecule has 0 aliphatic heterocycles. The van der Waals surface area contributed by atoms with Crippen molar-refractivity contribution < 1.29 is 4.74 Å². The van der Waals surface area contributed by atoms with E-state index in [0.29, 0.717) is 10.6 Å². The molecule has 1 aromatic heterocycles. The van der Waals surface area contributed by atoms with Gasteiger partial charge in [-0.1, -0.05) is 28.1 Å². The molecule has 130 valence electrons. The van der Waals surface area contributed by atoms with E-state index in [-0.39, 0.29) is 0 Å². The lowest BCUT2D eigenvalue weighted by atomic mass is 10.1. The number of halogens is 1. The van der Waals surface area contributed by atoms with Crippen LogP contribution >= 0.6 is 27.3 Å². The third-order valence-electron chi connectivity index (χ3n) is 3.78. The normalized spacial score (nSPS) is 11.1. The predicted molar refractivity (Wildman–Crippen MR) is 110 cm³/mol. The molecule has 0 amide bonds. The summed E-state index contributed by atoms with van der Waals surface area (Å²) in [5.41, 5.74) is 4.31. The van der Waals surface area contributed by atoms with Crippen LogP contribution in [-0.4, -0.2) is 12.1 Å². The van der Waals surface area contributed by atoms with Gasteiger partial charge >= 0.3 is 0 Å². The van der Waals surface area contributed by atoms with Crippen LogP contribution in [0.1, 0.15) is 10.6 Å². The number of nitrogens with one attached hydrogen (secondary N) is 1. The highest BCUT2D eigenvalue weighted by Gasteiger charge is 2.10. The highest BCUT2D eigenvalue weighted by Crippen LogP contribution is 2.28. The molecule has 0 saturated carbocycles. The zero-order chi connectivity index (χ0) is 18.5. The number of nitrogens with zero attached hydrogens (tertiary/aromatic N) is 2. The van der Waals surface area contributed by atoms with Gasteiger partial charge in [-0.2, -0.15) is 5.26 Å². The average molecular weight is 426 g/mol. The number of ether oxygens (including phenoxy) is 1. The summed E-state index contributed by atoms with van der Waals surface area (Å²) in [7, 11) is 1.64. The number of benzene rings is 2. The first kappa shape index (κ1) is 18.2. The lowest BCUT2D eigenvalue weighted by molar-refractivity contribution is 0.415. The van der Waals surface area contributed by atoms with Gasteiger partial charge in [-0.05, 0) is 42.8 Å². The summed E-state index contributed by atoms with van der Waals surface area (Å²) in [5, 5.41) is 15.3. The second-order valence-electron chi connectivity index (χ2n) is 5.54. The van der Waals surface area contributed by atoms with Crippen molar-refractivity contribution >= 4 is 38.5 Å². The third kappa shape index (κ3) is 4.13. The number of aromatic nitrogens is 1. The molecule has 6 heteroatoms. The fourth-order valence-corrected chi connectivity index (χ4v) is 3.66. The highest BCUT2D eigenvalue weighted by molar-refractivity contribution is 9.10. The van der Waals surface area contributed by atoms with E-state index in [9.17, 15) is 5.26 Å². The van der Waals surface area contributed by atoms with E-state index in [1.165, 1.54) is 11.3 Å². The van der Waals surface area contributed by atoms with Crippen LogP contribution in [0.15, 0.2) is 58.5 Å². The molecule has 0 fully saturated rings. The molecule has 0 aliphatic rings. The molecule has 0 unspecified atom stereocenters. The number of hydrogen-bond acceptors (Lipinski definition) is 5. The largest absolute Gasteiger partial charge is 0.497 e. The van der Waals surface area contributed by atoms with E-state index in [1.54, 1.807) is 13.3 Å². The summed E-state index contributed by atoms with van der Waals surface area (Å²) in [6.45, 7) is 2.01. The number of rotatable bonds is 5. The van der Waals surface area contributed by atoms with E-state index in [1.807, 2.05) is 54.8 Å². The molecule has 1 heterocycles. The van der Waals surface area contributed by atoms with Gasteiger partial charge in [0, 0.05) is 27.3 Å². The third-order valence-corrected chi connectivity index (χ3v) is 5.15. The summed E-state index contributed by atoms with van der Waals surface area (Å²) < 4.78 is 6.28. The maximum atomic E-state index is 9.51. The van der Waals surface area contributed by atoms with Gasteiger partial charge in [0.25, 0.3) is 0 Å². The van der Waals surface area contributed by atoms with Crippen LogP contribution in [0, 0.1) is 18.3 Å². The zero-order valence-corrected chi connectivity index (χ0v) is 16.7. The van der Waals surface area contributed by atoms with Gasteiger partial charge in [-0.15, -0.1) is 11.3 Å². The summed E-state index contributed by atoms with van der Waals surface area (Å²) in [4.78, 5) is 4.60. The Hall–Kier alpha value is -2.62. The average Bonchev–Trinajstić information content (AvgIpc) is 3.14. The monoisotopic (exact) mass is 425 g/mol. The van der Waals surface area contributed by atoms with Crippen LogP contribution in [0.4, 0.5) is 5.69 Å². The standard InChI is InChI=1S/C20H16BrN3OS/c1-13-8-16(21)6-7-18(13)23-11-15(10-22)20-24-19(12-26-20)14-4-3-5-17(9-14)25-2/h3-9,11-12,23H,1-2H3. The van der Waals surface area contributed by atoms with Crippen LogP contribution in [0.5, 0.6) is 5.75 Å². The number of nitriles is 1. The fraction of sp³-hybridized carbons (Fsp3) is 0.100. The van der Waals surface area contributed by atoms with Crippen LogP contribution in [-0.2, 0) is 0 Å². The minimum atomic E-state index is 0.492. The van der Waals surface area contributed by atoms with Gasteiger partial charge in [-0.3, -0.25) is 0 Å². The molecule has 26 heavy (non-hydrogen) atoms. The number of hydrogen-bond donors (Lipinski definition) is 1. The molecule has 0 spiro atoms. The van der Waals surface area contributed by atoms with Gasteiger partial charge in [0.05, 0.1) is 12.8 Å². The van der Waals surface area contributed by atoms with Crippen molar-refractivity contribution in [3.05, 3.63) is 69.1 Å². The SMILES string of the molecule is COc1cccc(-c2csc(C(C#N)=CNc3ccc(Br)cc3C)n2)c1. The fourth-order valence-electron chi connectivity index (χ4n) is 2.39. The van der Waals surface area contributed by atoms with Crippen molar-refractivity contribution in [1.29, 1.82) is 5.26 Å². The summed E-state index contributed by atoms with van der Waals surface area (Å²) >= 11 is 4.89. The number of anilines is 1. The Kier molecular flexibility index (Phi) is 5.71. The Morgan fingerprint density at radius 1 is 1.31 bits per heavy atom. The second-order valence-corrected chi connectivity index (χ2v) is 7.32. The van der Waals surface area contributed by atoms with Crippen LogP contribution in [0.3, 0.4) is 0 Å². The van der Waals surface area contributed by atoms with Gasteiger partial charge in [0.15, 0.2) is 0 Å². The Balaban J connectivity index is 1.85. The number of methoxy groups -OCH3 is 1. The predicted octanol–water partition coefficient (Wildman–Crippen LogP) is 5.87. The molecule has 0 bridgehead atoms. The quantitative estimate of drug-likeness (QED) is 0.519. The van der Waals surface area contributed by atoms with Crippen molar-refractivity contribution in [1.82, 2.24) is 4.98 Å². The number of aryl methyl sites for hydroxylation is 1. The first-order chi connectivity index (χ1) is 12.6. The van der Waals surface area contributed by atoms with Crippen LogP contribution in [0.25, 0.3) is 16.8 Å². The van der Waals surface area contributed by atoms with Crippen molar-refractivity contribution in [3.63, 3.8) is 0 Å². The topological polar surface area (TPSA) is 57.9 Å². The molecular formula is C20H16BrN3OS.